The van der Waals surface area contributed by atoms with E-state index in [1.807, 2.05) is 42.8 Å². The molecule has 1 aliphatic rings. The summed E-state index contributed by atoms with van der Waals surface area (Å²) in [7, 11) is 0. The van der Waals surface area contributed by atoms with Gasteiger partial charge in [0.25, 0.3) is 0 Å². The molecule has 0 saturated carbocycles. The van der Waals surface area contributed by atoms with Crippen LogP contribution in [0.25, 0.3) is 11.3 Å². The molecule has 0 aliphatic carbocycles. The minimum Gasteiger partial charge on any atom is -0.772 e. The monoisotopic (exact) mass is 375 g/mol. The minimum atomic E-state index is -2.12. The summed E-state index contributed by atoms with van der Waals surface area (Å²) in [4.78, 5) is 13.1. The van der Waals surface area contributed by atoms with E-state index in [2.05, 4.69) is 0 Å². The third kappa shape index (κ3) is 3.34. The summed E-state index contributed by atoms with van der Waals surface area (Å²) < 4.78 is 27.9. The Hall–Kier alpha value is -1.76. The van der Waals surface area contributed by atoms with E-state index in [1.165, 1.54) is 11.3 Å². The average molecular weight is 375 g/mol. The standard InChI is InChI=1S/C19H20O4S2/c1-3-19(4-2)18(20)16(15-9-10-24-11-15)17(23-19)14-7-5-13(6-8-14)12-25(21)22/h5-11H,3-4,12H2,1-2H3,(H,21,22)/p-1. The van der Waals surface area contributed by atoms with Crippen LogP contribution >= 0.6 is 11.3 Å². The molecule has 132 valence electrons. The number of ketones is 1. The van der Waals surface area contributed by atoms with Crippen molar-refractivity contribution in [3.05, 3.63) is 57.8 Å². The Kier molecular flexibility index (Phi) is 5.22. The lowest BCUT2D eigenvalue weighted by Crippen LogP contribution is -2.35. The molecular weight excluding hydrogens is 356 g/mol. The fourth-order valence-electron chi connectivity index (χ4n) is 3.10. The first kappa shape index (κ1) is 18.0. The van der Waals surface area contributed by atoms with Gasteiger partial charge in [0, 0.05) is 11.3 Å². The average Bonchev–Trinajstić information content (AvgIpc) is 3.21. The van der Waals surface area contributed by atoms with Gasteiger partial charge in [-0.05, 0) is 40.8 Å². The summed E-state index contributed by atoms with van der Waals surface area (Å²) in [6.07, 6.45) is 1.21. The second-order valence-electron chi connectivity index (χ2n) is 5.99. The van der Waals surface area contributed by atoms with Crippen LogP contribution in [0.5, 0.6) is 0 Å². The van der Waals surface area contributed by atoms with Gasteiger partial charge in [0.2, 0.25) is 5.78 Å². The number of thiophene rings is 1. The van der Waals surface area contributed by atoms with E-state index in [1.54, 1.807) is 12.1 Å². The Morgan fingerprint density at radius 2 is 1.80 bits per heavy atom. The Labute approximate surface area is 153 Å². The van der Waals surface area contributed by atoms with E-state index in [0.717, 1.165) is 11.1 Å². The first-order chi connectivity index (χ1) is 12.0. The van der Waals surface area contributed by atoms with Crippen molar-refractivity contribution in [3.63, 3.8) is 0 Å². The minimum absolute atomic E-state index is 0.0235. The number of carbonyl (C=O) groups is 1. The molecule has 3 rings (SSSR count). The maximum absolute atomic E-state index is 13.1. The van der Waals surface area contributed by atoms with Crippen LogP contribution in [-0.4, -0.2) is 20.1 Å². The second kappa shape index (κ2) is 7.23. The van der Waals surface area contributed by atoms with E-state index in [4.69, 9.17) is 4.74 Å². The van der Waals surface area contributed by atoms with Gasteiger partial charge in [0.05, 0.1) is 5.57 Å². The first-order valence-corrected chi connectivity index (χ1v) is 10.3. The quantitative estimate of drug-likeness (QED) is 0.711. The van der Waals surface area contributed by atoms with Gasteiger partial charge >= 0.3 is 0 Å². The summed E-state index contributed by atoms with van der Waals surface area (Å²) in [5.41, 5.74) is 2.17. The number of ether oxygens (including phenoxy) is 1. The van der Waals surface area contributed by atoms with Gasteiger partial charge in [0.1, 0.15) is 5.76 Å². The van der Waals surface area contributed by atoms with Crippen molar-refractivity contribution >= 4 is 39.5 Å². The molecule has 0 radical (unpaired) electrons. The van der Waals surface area contributed by atoms with Gasteiger partial charge in [-0.1, -0.05) is 49.2 Å². The summed E-state index contributed by atoms with van der Waals surface area (Å²) in [5.74, 6) is 0.585. The van der Waals surface area contributed by atoms with E-state index >= 15 is 0 Å². The van der Waals surface area contributed by atoms with Crippen LogP contribution < -0.4 is 0 Å². The van der Waals surface area contributed by atoms with Crippen molar-refractivity contribution < 1.29 is 18.3 Å². The van der Waals surface area contributed by atoms with Crippen LogP contribution in [0, 0.1) is 0 Å². The number of hydrogen-bond acceptors (Lipinski definition) is 5. The Balaban J connectivity index is 2.06. The molecule has 2 heterocycles. The summed E-state index contributed by atoms with van der Waals surface area (Å²) >= 11 is -0.584. The maximum atomic E-state index is 13.1. The topological polar surface area (TPSA) is 66.4 Å². The molecule has 1 unspecified atom stereocenters. The molecule has 2 aromatic rings. The highest BCUT2D eigenvalue weighted by molar-refractivity contribution is 7.78. The summed E-state index contributed by atoms with van der Waals surface area (Å²) in [6.45, 7) is 3.92. The number of rotatable bonds is 6. The van der Waals surface area contributed by atoms with Crippen LogP contribution in [0.1, 0.15) is 43.4 Å². The van der Waals surface area contributed by atoms with Gasteiger partial charge in [-0.15, -0.1) is 0 Å². The normalized spacial score (nSPS) is 17.6. The highest BCUT2D eigenvalue weighted by atomic mass is 32.2. The van der Waals surface area contributed by atoms with Crippen molar-refractivity contribution in [2.75, 3.05) is 0 Å². The fraction of sp³-hybridized carbons (Fsp3) is 0.316. The lowest BCUT2D eigenvalue weighted by Gasteiger charge is -2.25. The van der Waals surface area contributed by atoms with Gasteiger partial charge in [-0.25, -0.2) is 0 Å². The van der Waals surface area contributed by atoms with Crippen LogP contribution in [0.15, 0.2) is 41.1 Å². The molecule has 0 fully saturated rings. The van der Waals surface area contributed by atoms with Crippen molar-refractivity contribution in [2.24, 2.45) is 0 Å². The highest BCUT2D eigenvalue weighted by Gasteiger charge is 2.47. The van der Waals surface area contributed by atoms with E-state index < -0.39 is 16.7 Å². The Morgan fingerprint density at radius 3 is 2.32 bits per heavy atom. The molecule has 4 nitrogen and oxygen atoms in total. The first-order valence-electron chi connectivity index (χ1n) is 8.16. The molecule has 0 N–H and O–H groups in total. The number of hydrogen-bond donors (Lipinski definition) is 0. The third-order valence-electron chi connectivity index (χ3n) is 4.62. The highest BCUT2D eigenvalue weighted by Crippen LogP contribution is 2.44. The molecule has 1 aromatic heterocycles. The van der Waals surface area contributed by atoms with Gasteiger partial charge in [-0.3, -0.25) is 9.00 Å². The smallest absolute Gasteiger partial charge is 0.210 e. The van der Waals surface area contributed by atoms with Crippen molar-refractivity contribution in [1.29, 1.82) is 0 Å². The number of carbonyl (C=O) groups excluding carboxylic acids is 1. The largest absolute Gasteiger partial charge is 0.772 e. The molecule has 1 aliphatic heterocycles. The second-order valence-corrected chi connectivity index (χ2v) is 7.67. The van der Waals surface area contributed by atoms with Crippen LogP contribution in [0.4, 0.5) is 0 Å². The zero-order valence-corrected chi connectivity index (χ0v) is 15.7. The SMILES string of the molecule is CCC1(CC)OC(c2ccc(CS(=O)[O-])cc2)=C(c2ccsc2)C1=O. The van der Waals surface area contributed by atoms with Gasteiger partial charge < -0.3 is 9.29 Å². The number of Topliss-reactive ketones (excluding diaryl/α,β-unsaturated/α-hetero) is 1. The molecule has 6 heteroatoms. The molecule has 0 saturated heterocycles. The fourth-order valence-corrected chi connectivity index (χ4v) is 4.21. The third-order valence-corrected chi connectivity index (χ3v) is 5.87. The van der Waals surface area contributed by atoms with Crippen molar-refractivity contribution in [2.45, 2.75) is 38.0 Å². The predicted molar refractivity (Wildman–Crippen MR) is 99.6 cm³/mol. The van der Waals surface area contributed by atoms with Crippen LogP contribution in [0.3, 0.4) is 0 Å². The zero-order chi connectivity index (χ0) is 18.0. The summed E-state index contributed by atoms with van der Waals surface area (Å²) in [5, 5.41) is 3.89. The molecular formula is C19H19O4S2-. The lowest BCUT2D eigenvalue weighted by molar-refractivity contribution is -0.128. The van der Waals surface area contributed by atoms with Crippen molar-refractivity contribution in [3.8, 4) is 0 Å². The molecule has 0 bridgehead atoms. The predicted octanol–water partition coefficient (Wildman–Crippen LogP) is 4.15. The van der Waals surface area contributed by atoms with Crippen molar-refractivity contribution in [1.82, 2.24) is 0 Å². The lowest BCUT2D eigenvalue weighted by atomic mass is 9.87. The molecule has 25 heavy (non-hydrogen) atoms. The van der Waals surface area contributed by atoms with Gasteiger partial charge in [0.15, 0.2) is 5.60 Å². The maximum Gasteiger partial charge on any atom is 0.210 e. The Bertz CT molecular complexity index is 816. The Morgan fingerprint density at radius 1 is 1.12 bits per heavy atom. The van der Waals surface area contributed by atoms with E-state index in [0.29, 0.717) is 29.7 Å². The number of benzene rings is 1. The molecule has 0 spiro atoms. The molecule has 1 aromatic carbocycles. The zero-order valence-electron chi connectivity index (χ0n) is 14.1. The molecule has 0 amide bonds. The summed E-state index contributed by atoms with van der Waals surface area (Å²) in [6, 6.07) is 9.08. The molecule has 1 atom stereocenters. The van der Waals surface area contributed by atoms with Crippen LogP contribution in [0.2, 0.25) is 0 Å². The van der Waals surface area contributed by atoms with E-state index in [-0.39, 0.29) is 11.5 Å². The van der Waals surface area contributed by atoms with Gasteiger partial charge in [-0.2, -0.15) is 11.3 Å². The van der Waals surface area contributed by atoms with E-state index in [9.17, 15) is 13.6 Å². The van der Waals surface area contributed by atoms with Crippen LogP contribution in [-0.2, 0) is 26.4 Å².